The van der Waals surface area contributed by atoms with Crippen molar-refractivity contribution < 1.29 is 19.0 Å². The van der Waals surface area contributed by atoms with Crippen LogP contribution in [0.5, 0.6) is 17.2 Å². The van der Waals surface area contributed by atoms with Crippen molar-refractivity contribution in [1.82, 2.24) is 0 Å². The molecule has 0 saturated carbocycles. The number of hydrogen-bond donors (Lipinski definition) is 0. The van der Waals surface area contributed by atoms with E-state index < -0.39 is 0 Å². The molecule has 0 radical (unpaired) electrons. The molecule has 2 aromatic rings. The molecule has 23 heavy (non-hydrogen) atoms. The van der Waals surface area contributed by atoms with Crippen LogP contribution in [0.4, 0.5) is 5.69 Å². The molecule has 0 aliphatic carbocycles. The van der Waals surface area contributed by atoms with E-state index in [2.05, 4.69) is 4.90 Å². The molecule has 0 bridgehead atoms. The van der Waals surface area contributed by atoms with Gasteiger partial charge in [-0.25, -0.2) is 0 Å². The lowest BCUT2D eigenvalue weighted by Crippen LogP contribution is -2.33. The van der Waals surface area contributed by atoms with E-state index >= 15 is 0 Å². The van der Waals surface area contributed by atoms with Crippen molar-refractivity contribution in [1.29, 1.82) is 0 Å². The van der Waals surface area contributed by atoms with Crippen LogP contribution in [-0.2, 0) is 6.54 Å². The third kappa shape index (κ3) is 2.38. The minimum absolute atomic E-state index is 0.135. The highest BCUT2D eigenvalue weighted by Crippen LogP contribution is 2.39. The summed E-state index contributed by atoms with van der Waals surface area (Å²) < 4.78 is 16.8. The summed E-state index contributed by atoms with van der Waals surface area (Å²) >= 11 is 0. The van der Waals surface area contributed by atoms with E-state index in [0.29, 0.717) is 37.6 Å². The summed E-state index contributed by atoms with van der Waals surface area (Å²) in [7, 11) is 1.65. The van der Waals surface area contributed by atoms with Gasteiger partial charge in [0.05, 0.1) is 31.4 Å². The van der Waals surface area contributed by atoms with Crippen molar-refractivity contribution in [3.05, 3.63) is 47.5 Å². The lowest BCUT2D eigenvalue weighted by molar-refractivity contribution is 0.0931. The monoisotopic (exact) mass is 311 g/mol. The van der Waals surface area contributed by atoms with Gasteiger partial charge in [-0.3, -0.25) is 4.79 Å². The second-order valence-corrected chi connectivity index (χ2v) is 5.61. The number of hydrogen-bond acceptors (Lipinski definition) is 5. The van der Waals surface area contributed by atoms with Gasteiger partial charge in [0.25, 0.3) is 0 Å². The summed E-state index contributed by atoms with van der Waals surface area (Å²) in [5.74, 6) is 2.43. The van der Waals surface area contributed by atoms with Crippen LogP contribution in [0.3, 0.4) is 0 Å². The van der Waals surface area contributed by atoms with Gasteiger partial charge in [0, 0.05) is 12.1 Å². The molecule has 5 heteroatoms. The van der Waals surface area contributed by atoms with Gasteiger partial charge in [0.15, 0.2) is 12.5 Å². The number of rotatable bonds is 2. The van der Waals surface area contributed by atoms with Gasteiger partial charge in [0.2, 0.25) is 0 Å². The molecule has 2 heterocycles. The van der Waals surface area contributed by atoms with Gasteiger partial charge in [0.1, 0.15) is 17.2 Å². The lowest BCUT2D eigenvalue weighted by atomic mass is 9.99. The zero-order valence-electron chi connectivity index (χ0n) is 12.9. The molecule has 0 unspecified atom stereocenters. The fourth-order valence-corrected chi connectivity index (χ4v) is 3.00. The molecule has 0 fully saturated rings. The van der Waals surface area contributed by atoms with Gasteiger partial charge in [-0.15, -0.1) is 0 Å². The molecule has 0 spiro atoms. The van der Waals surface area contributed by atoms with Gasteiger partial charge in [-0.1, -0.05) is 0 Å². The van der Waals surface area contributed by atoms with Crippen LogP contribution < -0.4 is 19.1 Å². The quantitative estimate of drug-likeness (QED) is 0.853. The Balaban J connectivity index is 1.68. The summed E-state index contributed by atoms with van der Waals surface area (Å²) in [6, 6.07) is 11.5. The standard InChI is InChI=1S/C18H17NO4/c1-21-13-4-2-12(3-5-13)19-10-15-17(23-11-19)7-6-14-16(20)8-9-22-18(14)15/h2-7H,8-11H2,1H3. The van der Waals surface area contributed by atoms with Crippen LogP contribution in [0.1, 0.15) is 22.3 Å². The van der Waals surface area contributed by atoms with Crippen molar-refractivity contribution in [2.45, 2.75) is 13.0 Å². The van der Waals surface area contributed by atoms with Crippen molar-refractivity contribution in [2.75, 3.05) is 25.3 Å². The molecule has 2 aliphatic heterocycles. The number of carbonyl (C=O) groups is 1. The molecule has 0 atom stereocenters. The van der Waals surface area contributed by atoms with Gasteiger partial charge in [-0.2, -0.15) is 0 Å². The Hall–Kier alpha value is -2.69. The molecule has 0 saturated heterocycles. The smallest absolute Gasteiger partial charge is 0.170 e. The van der Waals surface area contributed by atoms with Crippen LogP contribution in [0, 0.1) is 0 Å². The summed E-state index contributed by atoms with van der Waals surface area (Å²) in [5.41, 5.74) is 2.64. The van der Waals surface area contributed by atoms with Crippen LogP contribution >= 0.6 is 0 Å². The lowest BCUT2D eigenvalue weighted by Gasteiger charge is -2.33. The third-order valence-corrected chi connectivity index (χ3v) is 4.26. The Bertz CT molecular complexity index is 754. The number of methoxy groups -OCH3 is 1. The first-order chi connectivity index (χ1) is 11.3. The third-order valence-electron chi connectivity index (χ3n) is 4.26. The number of carbonyl (C=O) groups excluding carboxylic acids is 1. The minimum Gasteiger partial charge on any atom is -0.497 e. The van der Waals surface area contributed by atoms with E-state index in [4.69, 9.17) is 14.2 Å². The molecular weight excluding hydrogens is 294 g/mol. The number of benzene rings is 2. The van der Waals surface area contributed by atoms with Gasteiger partial charge >= 0.3 is 0 Å². The number of anilines is 1. The first kappa shape index (κ1) is 13.9. The first-order valence-corrected chi connectivity index (χ1v) is 7.60. The maximum Gasteiger partial charge on any atom is 0.170 e. The zero-order valence-corrected chi connectivity index (χ0v) is 12.9. The SMILES string of the molecule is COc1ccc(N2COc3ccc4c(c3C2)OCCC4=O)cc1. The fourth-order valence-electron chi connectivity index (χ4n) is 3.00. The van der Waals surface area contributed by atoms with E-state index in [1.54, 1.807) is 13.2 Å². The molecule has 5 nitrogen and oxygen atoms in total. The maximum absolute atomic E-state index is 12.0. The molecule has 2 aromatic carbocycles. The van der Waals surface area contributed by atoms with E-state index in [1.165, 1.54) is 0 Å². The molecule has 0 N–H and O–H groups in total. The van der Waals surface area contributed by atoms with Crippen LogP contribution in [-0.4, -0.2) is 26.2 Å². The van der Waals surface area contributed by atoms with Crippen molar-refractivity contribution in [2.24, 2.45) is 0 Å². The summed E-state index contributed by atoms with van der Waals surface area (Å²) in [4.78, 5) is 14.1. The van der Waals surface area contributed by atoms with Gasteiger partial charge in [-0.05, 0) is 36.4 Å². The van der Waals surface area contributed by atoms with E-state index in [-0.39, 0.29) is 5.78 Å². The van der Waals surface area contributed by atoms with Gasteiger partial charge < -0.3 is 19.1 Å². The maximum atomic E-state index is 12.0. The van der Waals surface area contributed by atoms with Crippen LogP contribution in [0.2, 0.25) is 0 Å². The van der Waals surface area contributed by atoms with E-state index in [0.717, 1.165) is 22.7 Å². The zero-order chi connectivity index (χ0) is 15.8. The average molecular weight is 311 g/mol. The molecule has 4 rings (SSSR count). The molecule has 2 aliphatic rings. The highest BCUT2D eigenvalue weighted by molar-refractivity contribution is 6.00. The Kier molecular flexibility index (Phi) is 3.33. The Labute approximate surface area is 134 Å². The molecule has 0 amide bonds. The summed E-state index contributed by atoms with van der Waals surface area (Å²) in [6.07, 6.45) is 0.439. The minimum atomic E-state index is 0.135. The Morgan fingerprint density at radius 1 is 1.09 bits per heavy atom. The predicted octanol–water partition coefficient (Wildman–Crippen LogP) is 3.02. The number of ketones is 1. The molecule has 0 aromatic heterocycles. The van der Waals surface area contributed by atoms with Crippen LogP contribution in [0.25, 0.3) is 0 Å². The number of ether oxygens (including phenoxy) is 3. The first-order valence-electron chi connectivity index (χ1n) is 7.60. The van der Waals surface area contributed by atoms with Crippen molar-refractivity contribution in [3.63, 3.8) is 0 Å². The number of nitrogens with zero attached hydrogens (tertiary/aromatic N) is 1. The highest BCUT2D eigenvalue weighted by atomic mass is 16.5. The van der Waals surface area contributed by atoms with E-state index in [9.17, 15) is 4.79 Å². The number of fused-ring (bicyclic) bond motifs is 3. The van der Waals surface area contributed by atoms with E-state index in [1.807, 2.05) is 30.3 Å². The Morgan fingerprint density at radius 3 is 2.70 bits per heavy atom. The molecule has 118 valence electrons. The van der Waals surface area contributed by atoms with Crippen molar-refractivity contribution >= 4 is 11.5 Å². The number of Topliss-reactive ketones (excluding diaryl/α,β-unsaturated/α-hetero) is 1. The second kappa shape index (κ2) is 5.50. The topological polar surface area (TPSA) is 48.0 Å². The molecular formula is C18H17NO4. The summed E-state index contributed by atoms with van der Waals surface area (Å²) in [6.45, 7) is 1.55. The Morgan fingerprint density at radius 2 is 1.91 bits per heavy atom. The summed E-state index contributed by atoms with van der Waals surface area (Å²) in [5, 5.41) is 0. The second-order valence-electron chi connectivity index (χ2n) is 5.61. The van der Waals surface area contributed by atoms with Crippen LogP contribution in [0.15, 0.2) is 36.4 Å². The largest absolute Gasteiger partial charge is 0.497 e. The highest BCUT2D eigenvalue weighted by Gasteiger charge is 2.28. The van der Waals surface area contributed by atoms with Crippen molar-refractivity contribution in [3.8, 4) is 17.2 Å². The fraction of sp³-hybridized carbons (Fsp3) is 0.278. The average Bonchev–Trinajstić information content (AvgIpc) is 2.61. The normalized spacial score (nSPS) is 16.0. The predicted molar refractivity (Wildman–Crippen MR) is 85.6 cm³/mol.